The number of hydrogen-bond acceptors (Lipinski definition) is 5. The largest absolute Gasteiger partial charge is 0.496 e. The molecule has 1 aliphatic rings. The summed E-state index contributed by atoms with van der Waals surface area (Å²) >= 11 is 0. The van der Waals surface area contributed by atoms with Gasteiger partial charge in [-0.25, -0.2) is 4.79 Å². The van der Waals surface area contributed by atoms with Crippen LogP contribution in [0.3, 0.4) is 0 Å². The molecule has 1 saturated heterocycles. The highest BCUT2D eigenvalue weighted by molar-refractivity contribution is 6.08. The van der Waals surface area contributed by atoms with Crippen LogP contribution in [0.1, 0.15) is 18.2 Å². The summed E-state index contributed by atoms with van der Waals surface area (Å²) in [6, 6.07) is 9.96. The molecule has 0 saturated carbocycles. The highest BCUT2D eigenvalue weighted by Crippen LogP contribution is 2.29. The van der Waals surface area contributed by atoms with Crippen LogP contribution >= 0.6 is 0 Å². The third-order valence-corrected chi connectivity index (χ3v) is 4.61. The number of carbonyl (C=O) groups excluding carboxylic acids is 3. The Morgan fingerprint density at radius 1 is 1.26 bits per heavy atom. The van der Waals surface area contributed by atoms with Gasteiger partial charge in [-0.05, 0) is 25.1 Å². The summed E-state index contributed by atoms with van der Waals surface area (Å²) in [5.41, 5.74) is -0.490. The summed E-state index contributed by atoms with van der Waals surface area (Å²) in [6.07, 6.45) is 1.43. The number of nitrogens with zero attached hydrogens (tertiary/aromatic N) is 2. The zero-order chi connectivity index (χ0) is 19.6. The number of para-hydroxylation sites is 1. The van der Waals surface area contributed by atoms with E-state index in [-0.39, 0.29) is 12.5 Å². The number of nitrogens with one attached hydrogen (secondary N) is 1. The monoisotopic (exact) mass is 371 g/mol. The van der Waals surface area contributed by atoms with Gasteiger partial charge in [0.25, 0.3) is 5.91 Å². The van der Waals surface area contributed by atoms with E-state index in [4.69, 9.17) is 9.15 Å². The number of hydrogen-bond donors (Lipinski definition) is 1. The van der Waals surface area contributed by atoms with Crippen molar-refractivity contribution in [2.45, 2.75) is 19.0 Å². The molecule has 1 aromatic carbocycles. The van der Waals surface area contributed by atoms with Gasteiger partial charge >= 0.3 is 6.03 Å². The highest BCUT2D eigenvalue weighted by Gasteiger charge is 2.51. The molecule has 0 aliphatic carbocycles. The SMILES string of the molecule is COc1ccccc1CN(C)C(=O)CN1C(=O)N[C@](C)(c2ccco2)C1=O. The molecular formula is C19H21N3O5. The number of likely N-dealkylation sites (N-methyl/N-ethyl adjacent to an activating group) is 1. The third-order valence-electron chi connectivity index (χ3n) is 4.61. The fourth-order valence-corrected chi connectivity index (χ4v) is 3.00. The number of urea groups is 1. The highest BCUT2D eigenvalue weighted by atomic mass is 16.5. The van der Waals surface area contributed by atoms with E-state index in [0.717, 1.165) is 10.5 Å². The summed E-state index contributed by atoms with van der Waals surface area (Å²) in [5.74, 6) is 0.0882. The van der Waals surface area contributed by atoms with Gasteiger partial charge in [0, 0.05) is 19.2 Å². The molecule has 1 aromatic heterocycles. The fourth-order valence-electron chi connectivity index (χ4n) is 3.00. The van der Waals surface area contributed by atoms with Gasteiger partial charge in [-0.1, -0.05) is 18.2 Å². The van der Waals surface area contributed by atoms with Crippen LogP contribution in [0.5, 0.6) is 5.75 Å². The van der Waals surface area contributed by atoms with E-state index in [1.165, 1.54) is 11.2 Å². The molecule has 3 rings (SSSR count). The van der Waals surface area contributed by atoms with Crippen LogP contribution in [0.15, 0.2) is 47.1 Å². The van der Waals surface area contributed by atoms with E-state index >= 15 is 0 Å². The summed E-state index contributed by atoms with van der Waals surface area (Å²) in [5, 5.41) is 2.60. The Labute approximate surface area is 156 Å². The van der Waals surface area contributed by atoms with Crippen LogP contribution in [0, 0.1) is 0 Å². The van der Waals surface area contributed by atoms with E-state index in [2.05, 4.69) is 5.32 Å². The quantitative estimate of drug-likeness (QED) is 0.781. The van der Waals surface area contributed by atoms with Crippen molar-refractivity contribution >= 4 is 17.8 Å². The standard InChI is InChI=1S/C19H21N3O5/c1-19(15-9-6-10-27-15)17(24)22(18(25)20-19)12-16(23)21(2)11-13-7-4-5-8-14(13)26-3/h4-10H,11-12H2,1-3H3,(H,20,25)/t19-/m1/s1. The zero-order valence-electron chi connectivity index (χ0n) is 15.4. The first-order valence-electron chi connectivity index (χ1n) is 8.40. The predicted molar refractivity (Wildman–Crippen MR) is 95.8 cm³/mol. The summed E-state index contributed by atoms with van der Waals surface area (Å²) in [4.78, 5) is 39.9. The van der Waals surface area contributed by atoms with Crippen LogP contribution in [0.25, 0.3) is 0 Å². The Hall–Kier alpha value is -3.29. The van der Waals surface area contributed by atoms with E-state index in [1.807, 2.05) is 18.2 Å². The minimum absolute atomic E-state index is 0.294. The van der Waals surface area contributed by atoms with Gasteiger partial charge < -0.3 is 19.4 Å². The van der Waals surface area contributed by atoms with Gasteiger partial charge in [0.1, 0.15) is 18.1 Å². The van der Waals surface area contributed by atoms with Gasteiger partial charge in [-0.3, -0.25) is 14.5 Å². The number of ether oxygens (including phenoxy) is 1. The van der Waals surface area contributed by atoms with Gasteiger partial charge in [0.2, 0.25) is 5.91 Å². The smallest absolute Gasteiger partial charge is 0.325 e. The number of benzene rings is 1. The lowest BCUT2D eigenvalue weighted by atomic mass is 9.99. The molecule has 1 N–H and O–H groups in total. The van der Waals surface area contributed by atoms with Crippen LogP contribution in [0.2, 0.25) is 0 Å². The van der Waals surface area contributed by atoms with Gasteiger partial charge in [0.15, 0.2) is 5.54 Å². The zero-order valence-corrected chi connectivity index (χ0v) is 15.4. The fraction of sp³-hybridized carbons (Fsp3) is 0.316. The number of carbonyl (C=O) groups is 3. The molecule has 1 atom stereocenters. The van der Waals surface area contributed by atoms with E-state index < -0.39 is 17.5 Å². The molecule has 0 radical (unpaired) electrons. The van der Waals surface area contributed by atoms with E-state index in [9.17, 15) is 14.4 Å². The Morgan fingerprint density at radius 2 is 2.00 bits per heavy atom. The topological polar surface area (TPSA) is 92.1 Å². The Bertz CT molecular complexity index is 864. The number of methoxy groups -OCH3 is 1. The molecule has 8 heteroatoms. The maximum atomic E-state index is 12.7. The van der Waals surface area contributed by atoms with Crippen molar-refractivity contribution in [1.82, 2.24) is 15.1 Å². The Balaban J connectivity index is 1.70. The van der Waals surface area contributed by atoms with Crippen molar-refractivity contribution in [2.75, 3.05) is 20.7 Å². The average molecular weight is 371 g/mol. The first kappa shape index (κ1) is 18.5. The van der Waals surface area contributed by atoms with Crippen LogP contribution in [0.4, 0.5) is 4.79 Å². The van der Waals surface area contributed by atoms with E-state index in [1.54, 1.807) is 39.3 Å². The lowest BCUT2D eigenvalue weighted by Gasteiger charge is -2.22. The summed E-state index contributed by atoms with van der Waals surface area (Å²) in [7, 11) is 3.17. The number of imide groups is 1. The van der Waals surface area contributed by atoms with Crippen molar-refractivity contribution in [1.29, 1.82) is 0 Å². The molecule has 0 bridgehead atoms. The third kappa shape index (κ3) is 3.38. The minimum atomic E-state index is -1.32. The molecular weight excluding hydrogens is 350 g/mol. The molecule has 4 amide bonds. The number of furan rings is 1. The molecule has 142 valence electrons. The van der Waals surface area contributed by atoms with Gasteiger partial charge in [-0.15, -0.1) is 0 Å². The lowest BCUT2D eigenvalue weighted by Crippen LogP contribution is -2.43. The lowest BCUT2D eigenvalue weighted by molar-refractivity contribution is -0.138. The molecule has 1 aliphatic heterocycles. The van der Waals surface area contributed by atoms with Crippen LogP contribution < -0.4 is 10.1 Å². The van der Waals surface area contributed by atoms with Crippen molar-refractivity contribution in [3.63, 3.8) is 0 Å². The predicted octanol–water partition coefficient (Wildman–Crippen LogP) is 1.71. The van der Waals surface area contributed by atoms with Gasteiger partial charge in [0.05, 0.1) is 13.4 Å². The molecule has 27 heavy (non-hydrogen) atoms. The van der Waals surface area contributed by atoms with Gasteiger partial charge in [-0.2, -0.15) is 0 Å². The summed E-state index contributed by atoms with van der Waals surface area (Å²) < 4.78 is 10.6. The first-order valence-corrected chi connectivity index (χ1v) is 8.40. The number of amides is 4. The molecule has 2 heterocycles. The molecule has 2 aromatic rings. The molecule has 0 spiro atoms. The average Bonchev–Trinajstić information content (AvgIpc) is 3.26. The van der Waals surface area contributed by atoms with E-state index in [0.29, 0.717) is 18.1 Å². The summed E-state index contributed by atoms with van der Waals surface area (Å²) in [6.45, 7) is 1.49. The Kier molecular flexibility index (Phi) is 4.89. The van der Waals surface area contributed by atoms with Crippen molar-refractivity contribution < 1.29 is 23.5 Å². The molecule has 0 unspecified atom stereocenters. The second-order valence-corrected chi connectivity index (χ2v) is 6.49. The molecule has 1 fully saturated rings. The maximum absolute atomic E-state index is 12.7. The number of rotatable bonds is 6. The van der Waals surface area contributed by atoms with Crippen molar-refractivity contribution in [3.05, 3.63) is 54.0 Å². The minimum Gasteiger partial charge on any atom is -0.496 e. The normalized spacial score (nSPS) is 19.1. The second-order valence-electron chi connectivity index (χ2n) is 6.49. The maximum Gasteiger partial charge on any atom is 0.325 e. The first-order chi connectivity index (χ1) is 12.9. The van der Waals surface area contributed by atoms with Crippen LogP contribution in [-0.2, 0) is 21.7 Å². The Morgan fingerprint density at radius 3 is 2.67 bits per heavy atom. The van der Waals surface area contributed by atoms with Crippen molar-refractivity contribution in [2.24, 2.45) is 0 Å². The second kappa shape index (κ2) is 7.14. The molecule has 8 nitrogen and oxygen atoms in total. The van der Waals surface area contributed by atoms with Crippen LogP contribution in [-0.4, -0.2) is 48.3 Å². The van der Waals surface area contributed by atoms with Crippen molar-refractivity contribution in [3.8, 4) is 5.75 Å².